The zero-order chi connectivity index (χ0) is 19.8. The minimum absolute atomic E-state index is 0.0259. The smallest absolute Gasteiger partial charge is 0.311 e. The van der Waals surface area contributed by atoms with Gasteiger partial charge in [0, 0.05) is 5.56 Å². The highest BCUT2D eigenvalue weighted by atomic mass is 19.1. The highest BCUT2D eigenvalue weighted by molar-refractivity contribution is 5.79. The molecule has 0 saturated heterocycles. The number of hydrogen-bond acceptors (Lipinski definition) is 4. The molecule has 0 N–H and O–H groups in total. The molecular weight excluding hydrogens is 345 g/mol. The molecule has 0 bridgehead atoms. The number of para-hydroxylation sites is 1. The van der Waals surface area contributed by atoms with Crippen molar-refractivity contribution in [3.8, 4) is 17.6 Å². The molecule has 0 amide bonds. The van der Waals surface area contributed by atoms with Crippen molar-refractivity contribution in [2.75, 3.05) is 0 Å². The van der Waals surface area contributed by atoms with Crippen LogP contribution in [0.3, 0.4) is 0 Å². The Hall–Kier alpha value is -2.87. The summed E-state index contributed by atoms with van der Waals surface area (Å²) >= 11 is 0. The van der Waals surface area contributed by atoms with Gasteiger partial charge in [-0.1, -0.05) is 52.0 Å². The number of esters is 1. The van der Waals surface area contributed by atoms with E-state index in [2.05, 4.69) is 0 Å². The van der Waals surface area contributed by atoms with E-state index < -0.39 is 17.9 Å². The Bertz CT molecular complexity index is 886. The molecule has 0 heterocycles. The van der Waals surface area contributed by atoms with Gasteiger partial charge < -0.3 is 9.47 Å². The average Bonchev–Trinajstić information content (AvgIpc) is 3.04. The predicted molar refractivity (Wildman–Crippen MR) is 98.4 cm³/mol. The van der Waals surface area contributed by atoms with E-state index in [-0.39, 0.29) is 22.5 Å². The van der Waals surface area contributed by atoms with E-state index in [1.54, 1.807) is 24.3 Å². The van der Waals surface area contributed by atoms with E-state index in [1.165, 1.54) is 18.2 Å². The van der Waals surface area contributed by atoms with Crippen molar-refractivity contribution in [3.63, 3.8) is 0 Å². The van der Waals surface area contributed by atoms with Crippen molar-refractivity contribution in [3.05, 3.63) is 59.9 Å². The van der Waals surface area contributed by atoms with Crippen LogP contribution in [0.4, 0.5) is 4.39 Å². The maximum absolute atomic E-state index is 14.1. The number of nitriles is 1. The summed E-state index contributed by atoms with van der Waals surface area (Å²) in [6.07, 6.45) is -1.12. The third-order valence-electron chi connectivity index (χ3n) is 5.84. The molecule has 0 radical (unpaired) electrons. The van der Waals surface area contributed by atoms with Crippen LogP contribution in [0.2, 0.25) is 0 Å². The van der Waals surface area contributed by atoms with Gasteiger partial charge in [-0.05, 0) is 35.1 Å². The van der Waals surface area contributed by atoms with Crippen LogP contribution in [0.1, 0.15) is 39.4 Å². The second-order valence-electron chi connectivity index (χ2n) is 7.93. The van der Waals surface area contributed by atoms with Crippen LogP contribution in [-0.4, -0.2) is 5.97 Å². The lowest BCUT2D eigenvalue weighted by Gasteiger charge is -2.14. The van der Waals surface area contributed by atoms with E-state index in [0.29, 0.717) is 11.3 Å². The summed E-state index contributed by atoms with van der Waals surface area (Å²) in [5, 5.41) is 9.48. The molecule has 140 valence electrons. The minimum atomic E-state index is -1.12. The quantitative estimate of drug-likeness (QED) is 0.663. The molecule has 0 spiro atoms. The van der Waals surface area contributed by atoms with Gasteiger partial charge in [0.1, 0.15) is 11.8 Å². The largest absolute Gasteiger partial charge is 0.454 e. The monoisotopic (exact) mass is 367 g/mol. The Kier molecular flexibility index (Phi) is 4.69. The number of carbonyl (C=O) groups excluding carboxylic acids is 1. The van der Waals surface area contributed by atoms with Crippen molar-refractivity contribution in [1.82, 2.24) is 0 Å². The Labute approximate surface area is 158 Å². The van der Waals surface area contributed by atoms with Crippen LogP contribution in [0.15, 0.2) is 48.5 Å². The third-order valence-corrected chi connectivity index (χ3v) is 5.84. The lowest BCUT2D eigenvalue weighted by Crippen LogP contribution is -2.15. The summed E-state index contributed by atoms with van der Waals surface area (Å²) in [4.78, 5) is 12.5. The molecule has 3 rings (SSSR count). The molecule has 1 saturated carbocycles. The molecule has 5 heteroatoms. The highest BCUT2D eigenvalue weighted by Crippen LogP contribution is 2.68. The molecule has 4 nitrogen and oxygen atoms in total. The topological polar surface area (TPSA) is 59.3 Å². The van der Waals surface area contributed by atoms with Gasteiger partial charge in [0.2, 0.25) is 6.10 Å². The zero-order valence-electron chi connectivity index (χ0n) is 15.8. The first kappa shape index (κ1) is 18.9. The van der Waals surface area contributed by atoms with Crippen molar-refractivity contribution >= 4 is 5.97 Å². The van der Waals surface area contributed by atoms with Gasteiger partial charge in [-0.15, -0.1) is 0 Å². The van der Waals surface area contributed by atoms with Crippen molar-refractivity contribution < 1.29 is 18.7 Å². The second kappa shape index (κ2) is 6.70. The number of benzene rings is 2. The lowest BCUT2D eigenvalue weighted by molar-refractivity contribution is -0.150. The minimum Gasteiger partial charge on any atom is -0.454 e. The fourth-order valence-electron chi connectivity index (χ4n) is 3.52. The summed E-state index contributed by atoms with van der Waals surface area (Å²) < 4.78 is 25.1. The molecule has 0 aromatic heterocycles. The van der Waals surface area contributed by atoms with E-state index in [4.69, 9.17) is 9.47 Å². The Balaban J connectivity index is 1.79. The number of hydrogen-bond donors (Lipinski definition) is 0. The molecule has 1 unspecified atom stereocenters. The predicted octanol–water partition coefficient (Wildman–Crippen LogP) is 5.41. The first-order valence-corrected chi connectivity index (χ1v) is 8.81. The van der Waals surface area contributed by atoms with Gasteiger partial charge in [0.05, 0.1) is 5.92 Å². The highest BCUT2D eigenvalue weighted by Gasteiger charge is 2.69. The molecule has 27 heavy (non-hydrogen) atoms. The first-order valence-electron chi connectivity index (χ1n) is 8.81. The van der Waals surface area contributed by atoms with Crippen LogP contribution in [0.5, 0.6) is 11.5 Å². The molecule has 0 aliphatic heterocycles. The molecule has 1 aliphatic rings. The summed E-state index contributed by atoms with van der Waals surface area (Å²) in [5.74, 6) is -0.801. The van der Waals surface area contributed by atoms with Crippen molar-refractivity contribution in [2.24, 2.45) is 16.7 Å². The van der Waals surface area contributed by atoms with Gasteiger partial charge >= 0.3 is 5.97 Å². The van der Waals surface area contributed by atoms with E-state index in [0.717, 1.165) is 0 Å². The summed E-state index contributed by atoms with van der Waals surface area (Å²) in [6.45, 7) is 8.02. The maximum Gasteiger partial charge on any atom is 0.311 e. The number of halogens is 1. The fraction of sp³-hybridized carbons (Fsp3) is 0.364. The van der Waals surface area contributed by atoms with Crippen LogP contribution in [0, 0.1) is 33.9 Å². The molecule has 1 fully saturated rings. The molecule has 2 aromatic rings. The molecule has 2 aromatic carbocycles. The first-order chi connectivity index (χ1) is 12.7. The van der Waals surface area contributed by atoms with Crippen LogP contribution < -0.4 is 4.74 Å². The van der Waals surface area contributed by atoms with E-state index in [1.807, 2.05) is 39.8 Å². The summed E-state index contributed by atoms with van der Waals surface area (Å²) in [5.41, 5.74) is -0.00224. The van der Waals surface area contributed by atoms with Crippen molar-refractivity contribution in [1.29, 1.82) is 5.26 Å². The zero-order valence-corrected chi connectivity index (χ0v) is 15.8. The standard InChI is InChI=1S/C22H22FNO3/c1-21(2)19(22(21,3)4)20(25)27-18(13-24)14-10-11-16(23)17(12-14)26-15-8-6-5-7-9-15/h5-12,18-19H,1-4H3. The Morgan fingerprint density at radius 3 is 2.30 bits per heavy atom. The van der Waals surface area contributed by atoms with Gasteiger partial charge in [-0.3, -0.25) is 4.79 Å². The fourth-order valence-corrected chi connectivity index (χ4v) is 3.52. The lowest BCUT2D eigenvalue weighted by atomic mass is 10.0. The summed E-state index contributed by atoms with van der Waals surface area (Å²) in [6, 6.07) is 14.8. The second-order valence-corrected chi connectivity index (χ2v) is 7.93. The third kappa shape index (κ3) is 3.40. The van der Waals surface area contributed by atoms with E-state index >= 15 is 0 Å². The SMILES string of the molecule is CC1(C)C(C(=O)OC(C#N)c2ccc(F)c(Oc3ccccc3)c2)C1(C)C. The number of carbonyl (C=O) groups is 1. The Morgan fingerprint density at radius 2 is 1.74 bits per heavy atom. The number of rotatable bonds is 5. The van der Waals surface area contributed by atoms with Crippen LogP contribution >= 0.6 is 0 Å². The van der Waals surface area contributed by atoms with Crippen LogP contribution in [0.25, 0.3) is 0 Å². The number of ether oxygens (including phenoxy) is 2. The normalized spacial score (nSPS) is 18.2. The maximum atomic E-state index is 14.1. The summed E-state index contributed by atoms with van der Waals surface area (Å²) in [7, 11) is 0. The van der Waals surface area contributed by atoms with Gasteiger partial charge in [-0.25, -0.2) is 4.39 Å². The van der Waals surface area contributed by atoms with Crippen LogP contribution in [-0.2, 0) is 9.53 Å². The van der Waals surface area contributed by atoms with Gasteiger partial charge in [-0.2, -0.15) is 5.26 Å². The van der Waals surface area contributed by atoms with Crippen molar-refractivity contribution in [2.45, 2.75) is 33.8 Å². The Morgan fingerprint density at radius 1 is 1.11 bits per heavy atom. The molecular formula is C22H22FNO3. The molecule has 1 atom stereocenters. The van der Waals surface area contributed by atoms with Gasteiger partial charge in [0.15, 0.2) is 11.6 Å². The molecule has 1 aliphatic carbocycles. The average molecular weight is 367 g/mol. The number of nitrogens with zero attached hydrogens (tertiary/aromatic N) is 1. The van der Waals surface area contributed by atoms with Gasteiger partial charge in [0.25, 0.3) is 0 Å². The van der Waals surface area contributed by atoms with E-state index in [9.17, 15) is 14.4 Å².